The van der Waals surface area contributed by atoms with Crippen molar-refractivity contribution in [1.29, 1.82) is 0 Å². The Morgan fingerprint density at radius 2 is 1.04 bits per heavy atom. The summed E-state index contributed by atoms with van der Waals surface area (Å²) in [4.78, 5) is 72.4. The molecule has 0 aliphatic carbocycles. The summed E-state index contributed by atoms with van der Waals surface area (Å²) in [5, 5.41) is 20.9. The Labute approximate surface area is 328 Å². The molecule has 4 aromatic rings. The summed E-state index contributed by atoms with van der Waals surface area (Å²) in [5.41, 5.74) is 6.43. The number of aliphatic hydroxyl groups is 1. The van der Waals surface area contributed by atoms with Crippen molar-refractivity contribution in [3.8, 4) is 20.9 Å². The highest BCUT2D eigenvalue weighted by Gasteiger charge is 2.22. The highest BCUT2D eigenvalue weighted by Crippen LogP contribution is 2.33. The first-order valence-electron chi connectivity index (χ1n) is 16.2. The van der Waals surface area contributed by atoms with Crippen LogP contribution in [0, 0.1) is 0 Å². The number of thiophene rings is 2. The van der Waals surface area contributed by atoms with Gasteiger partial charge in [0.2, 0.25) is 0 Å². The number of primary amides is 1. The van der Waals surface area contributed by atoms with Crippen molar-refractivity contribution in [3.63, 3.8) is 0 Å². The number of hydrogen-bond acceptors (Lipinski definition) is 12. The summed E-state index contributed by atoms with van der Waals surface area (Å²) < 4.78 is 15.1. The number of nitrogens with two attached hydrogens (primary N) is 1. The zero-order chi connectivity index (χ0) is 40.6. The third-order valence-corrected chi connectivity index (χ3v) is 7.94. The molecule has 0 unspecified atom stereocenters. The lowest BCUT2D eigenvalue weighted by Gasteiger charge is -2.20. The molecule has 5 amide bonds. The van der Waals surface area contributed by atoms with Crippen molar-refractivity contribution in [1.82, 2.24) is 0 Å². The average Bonchev–Trinajstić information content (AvgIpc) is 3.82. The third kappa shape index (κ3) is 16.4. The van der Waals surface area contributed by atoms with Crippen molar-refractivity contribution >= 4 is 81.3 Å². The topological polar surface area (TPSA) is 224 Å². The van der Waals surface area contributed by atoms with Crippen LogP contribution in [0.4, 0.5) is 32.3 Å². The molecule has 0 bridgehead atoms. The van der Waals surface area contributed by atoms with Crippen LogP contribution < -0.4 is 27.0 Å². The van der Waals surface area contributed by atoms with Crippen LogP contribution in [0.3, 0.4) is 0 Å². The van der Waals surface area contributed by atoms with Gasteiger partial charge in [-0.3, -0.25) is 25.0 Å². The van der Waals surface area contributed by atoms with Crippen molar-refractivity contribution in [3.05, 3.63) is 71.4 Å². The molecule has 0 atom stereocenters. The number of hydrogen-bond donors (Lipinski definition) is 6. The molecule has 4 rings (SSSR count). The summed E-state index contributed by atoms with van der Waals surface area (Å²) >= 11 is 3.05. The smallest absolute Gasteiger partial charge is 0.412 e. The largest absolute Gasteiger partial charge is 0.459 e. The fourth-order valence-electron chi connectivity index (χ4n) is 4.09. The van der Waals surface area contributed by atoms with E-state index in [1.165, 1.54) is 22.7 Å². The van der Waals surface area contributed by atoms with Crippen LogP contribution in [0.1, 0.15) is 55.9 Å². The van der Waals surface area contributed by atoms with Crippen molar-refractivity contribution in [2.24, 2.45) is 5.73 Å². The molecule has 0 fully saturated rings. The standard InChI is InChI=1S/C19H22N2O5S.C17H19N3O4S.CH4O.CH4/c1-5-25-17(23)16(22)20-14-11-12(15-7-6-10-27-15)8-9-13(14)21-18(24)26-19(2,3)4;1-17(2,3)24-16(23)20-11-7-6-10(13-5-4-8-25-13)9-12(11)19-15(22)14(18)21;1-2;/h6-11H,5H2,1-4H3,(H,20,22)(H,21,24);4-9H,1-3H3,(H2,18,21)(H,19,22)(H,20,23);2H,1H3;1H4. The molecule has 0 spiro atoms. The van der Waals surface area contributed by atoms with Gasteiger partial charge in [-0.2, -0.15) is 0 Å². The molecule has 2 aromatic carbocycles. The number of esters is 1. The van der Waals surface area contributed by atoms with Gasteiger partial charge in [0.25, 0.3) is 0 Å². The van der Waals surface area contributed by atoms with Crippen molar-refractivity contribution in [2.75, 3.05) is 35.0 Å². The number of amides is 5. The predicted octanol–water partition coefficient (Wildman–Crippen LogP) is 7.69. The number of aliphatic hydroxyl groups excluding tert-OH is 1. The Hall–Kier alpha value is -5.78. The molecule has 0 aliphatic rings. The molecule has 0 radical (unpaired) electrons. The molecule has 0 aliphatic heterocycles. The molecular formula is C38H49N5O10S2. The molecule has 2 aromatic heterocycles. The molecule has 0 saturated heterocycles. The van der Waals surface area contributed by atoms with E-state index in [2.05, 4.69) is 21.3 Å². The Balaban J connectivity index is 0.000000519. The lowest BCUT2D eigenvalue weighted by atomic mass is 10.1. The summed E-state index contributed by atoms with van der Waals surface area (Å²) in [7, 11) is 1.00. The van der Waals surface area contributed by atoms with Gasteiger partial charge in [-0.15, -0.1) is 22.7 Å². The molecule has 55 heavy (non-hydrogen) atoms. The maximum absolute atomic E-state index is 12.1. The zero-order valence-electron chi connectivity index (χ0n) is 31.2. The minimum atomic E-state index is -1.12. The van der Waals surface area contributed by atoms with Gasteiger partial charge in [0, 0.05) is 16.9 Å². The third-order valence-electron chi connectivity index (χ3n) is 6.10. The van der Waals surface area contributed by atoms with Crippen LogP contribution >= 0.6 is 22.7 Å². The first kappa shape index (κ1) is 47.2. The number of nitrogens with one attached hydrogen (secondary N) is 4. The minimum Gasteiger partial charge on any atom is -0.459 e. The normalized spacial score (nSPS) is 10.3. The lowest BCUT2D eigenvalue weighted by Crippen LogP contribution is -2.30. The Bertz CT molecular complexity index is 1900. The van der Waals surface area contributed by atoms with E-state index in [-0.39, 0.29) is 25.4 Å². The van der Waals surface area contributed by atoms with Gasteiger partial charge < -0.3 is 35.7 Å². The van der Waals surface area contributed by atoms with Crippen LogP contribution in [-0.4, -0.2) is 65.9 Å². The van der Waals surface area contributed by atoms with E-state index in [1.54, 1.807) is 84.9 Å². The van der Waals surface area contributed by atoms with E-state index >= 15 is 0 Å². The predicted molar refractivity (Wildman–Crippen MR) is 217 cm³/mol. The molecule has 7 N–H and O–H groups in total. The first-order chi connectivity index (χ1) is 25.3. The van der Waals surface area contributed by atoms with Crippen LogP contribution in [0.5, 0.6) is 0 Å². The van der Waals surface area contributed by atoms with E-state index in [9.17, 15) is 28.8 Å². The van der Waals surface area contributed by atoms with Crippen molar-refractivity contribution in [2.45, 2.75) is 67.1 Å². The maximum atomic E-state index is 12.1. The SMILES string of the molecule is C.CC(C)(C)OC(=O)Nc1ccc(-c2cccs2)cc1NC(=O)C(N)=O.CCOC(=O)C(=O)Nc1cc(-c2cccs2)ccc1NC(=O)OC(C)(C)C.CO. The fourth-order valence-corrected chi connectivity index (χ4v) is 5.53. The average molecular weight is 800 g/mol. The zero-order valence-corrected chi connectivity index (χ0v) is 32.8. The second kappa shape index (κ2) is 21.8. The van der Waals surface area contributed by atoms with Crippen LogP contribution in [0.25, 0.3) is 20.9 Å². The monoisotopic (exact) mass is 799 g/mol. The van der Waals surface area contributed by atoms with Crippen LogP contribution in [-0.2, 0) is 33.4 Å². The Kier molecular flexibility index (Phi) is 18.7. The van der Waals surface area contributed by atoms with Crippen molar-refractivity contribution < 1.29 is 48.1 Å². The van der Waals surface area contributed by atoms with E-state index in [0.717, 1.165) is 28.0 Å². The second-order valence-electron chi connectivity index (χ2n) is 12.7. The van der Waals surface area contributed by atoms with E-state index < -0.39 is 47.1 Å². The Morgan fingerprint density at radius 3 is 1.36 bits per heavy atom. The fraction of sp³-hybridized carbons (Fsp3) is 0.316. The lowest BCUT2D eigenvalue weighted by molar-refractivity contribution is -0.152. The van der Waals surface area contributed by atoms with Gasteiger partial charge in [-0.05, 0) is 107 Å². The number of benzene rings is 2. The summed E-state index contributed by atoms with van der Waals surface area (Å²) in [6.07, 6.45) is -1.34. The molecule has 298 valence electrons. The number of rotatable bonds is 7. The highest BCUT2D eigenvalue weighted by atomic mass is 32.1. The van der Waals surface area contributed by atoms with Gasteiger partial charge in [0.05, 0.1) is 29.4 Å². The number of carbonyl (C=O) groups is 6. The second-order valence-corrected chi connectivity index (χ2v) is 14.6. The molecule has 15 nitrogen and oxygen atoms in total. The molecule has 2 heterocycles. The van der Waals surface area contributed by atoms with Gasteiger partial charge in [0.1, 0.15) is 11.2 Å². The van der Waals surface area contributed by atoms with Gasteiger partial charge in [-0.1, -0.05) is 31.7 Å². The van der Waals surface area contributed by atoms with Gasteiger partial charge >= 0.3 is 35.9 Å². The van der Waals surface area contributed by atoms with Gasteiger partial charge in [0.15, 0.2) is 0 Å². The van der Waals surface area contributed by atoms with E-state index in [1.807, 2.05) is 35.0 Å². The molecular weight excluding hydrogens is 751 g/mol. The summed E-state index contributed by atoms with van der Waals surface area (Å²) in [6, 6.07) is 17.8. The summed E-state index contributed by atoms with van der Waals surface area (Å²) in [5.74, 6) is -4.02. The number of carbonyl (C=O) groups excluding carboxylic acids is 6. The number of ether oxygens (including phenoxy) is 3. The summed E-state index contributed by atoms with van der Waals surface area (Å²) in [6.45, 7) is 12.1. The molecule has 17 heteroatoms. The van der Waals surface area contributed by atoms with Gasteiger partial charge in [-0.25, -0.2) is 14.4 Å². The maximum Gasteiger partial charge on any atom is 0.412 e. The van der Waals surface area contributed by atoms with Crippen LogP contribution in [0.2, 0.25) is 0 Å². The first-order valence-corrected chi connectivity index (χ1v) is 18.0. The van der Waals surface area contributed by atoms with E-state index in [4.69, 9.17) is 25.1 Å². The molecule has 0 saturated carbocycles. The quantitative estimate of drug-likeness (QED) is 0.0607. The Morgan fingerprint density at radius 1 is 0.636 bits per heavy atom. The number of anilines is 4. The minimum absolute atomic E-state index is 0. The van der Waals surface area contributed by atoms with E-state index in [0.29, 0.717) is 11.4 Å². The van der Waals surface area contributed by atoms with Crippen LogP contribution in [0.15, 0.2) is 71.4 Å². The highest BCUT2D eigenvalue weighted by molar-refractivity contribution is 7.13.